The molecule has 0 spiro atoms. The van der Waals surface area contributed by atoms with E-state index in [1.807, 2.05) is 17.1 Å². The second-order valence-corrected chi connectivity index (χ2v) is 3.21. The first-order valence-corrected chi connectivity index (χ1v) is 5.01. The van der Waals surface area contributed by atoms with Crippen molar-refractivity contribution in [1.82, 2.24) is 15.1 Å². The third-order valence-electron chi connectivity index (χ3n) is 2.17. The lowest BCUT2D eigenvalue weighted by molar-refractivity contribution is 0.591. The SMILES string of the molecule is C#CC(CC)NCc1cnn(CC)c1. The van der Waals surface area contributed by atoms with Gasteiger partial charge >= 0.3 is 0 Å². The molecule has 1 atom stereocenters. The number of hydrogen-bond donors (Lipinski definition) is 1. The van der Waals surface area contributed by atoms with Crippen LogP contribution in [0.5, 0.6) is 0 Å². The Labute approximate surface area is 85.5 Å². The second kappa shape index (κ2) is 5.46. The zero-order chi connectivity index (χ0) is 10.4. The monoisotopic (exact) mass is 191 g/mol. The molecule has 0 bridgehead atoms. The summed E-state index contributed by atoms with van der Waals surface area (Å²) in [7, 11) is 0. The van der Waals surface area contributed by atoms with Crippen LogP contribution in [0.15, 0.2) is 12.4 Å². The summed E-state index contributed by atoms with van der Waals surface area (Å²) in [5.74, 6) is 2.70. The Morgan fingerprint density at radius 2 is 2.43 bits per heavy atom. The topological polar surface area (TPSA) is 29.9 Å². The Morgan fingerprint density at radius 3 is 2.93 bits per heavy atom. The standard InChI is InChI=1S/C11H17N3/c1-4-11(5-2)12-7-10-8-13-14(6-3)9-10/h1,8-9,11-12H,5-7H2,2-3H3. The highest BCUT2D eigenvalue weighted by molar-refractivity contribution is 5.06. The number of aryl methyl sites for hydroxylation is 1. The van der Waals surface area contributed by atoms with Gasteiger partial charge in [0.2, 0.25) is 0 Å². The van der Waals surface area contributed by atoms with Gasteiger partial charge < -0.3 is 0 Å². The number of hydrogen-bond acceptors (Lipinski definition) is 2. The fourth-order valence-corrected chi connectivity index (χ4v) is 1.23. The van der Waals surface area contributed by atoms with E-state index >= 15 is 0 Å². The summed E-state index contributed by atoms with van der Waals surface area (Å²) in [4.78, 5) is 0. The van der Waals surface area contributed by atoms with Gasteiger partial charge in [0.15, 0.2) is 0 Å². The van der Waals surface area contributed by atoms with Crippen LogP contribution in [-0.2, 0) is 13.1 Å². The molecular weight excluding hydrogens is 174 g/mol. The highest BCUT2D eigenvalue weighted by atomic mass is 15.3. The fraction of sp³-hybridized carbons (Fsp3) is 0.545. The Morgan fingerprint density at radius 1 is 1.64 bits per heavy atom. The molecule has 1 heterocycles. The maximum absolute atomic E-state index is 5.35. The van der Waals surface area contributed by atoms with E-state index in [0.717, 1.165) is 19.5 Å². The summed E-state index contributed by atoms with van der Waals surface area (Å²) >= 11 is 0. The molecular formula is C11H17N3. The van der Waals surface area contributed by atoms with Gasteiger partial charge in [-0.15, -0.1) is 6.42 Å². The molecule has 3 nitrogen and oxygen atoms in total. The van der Waals surface area contributed by atoms with Crippen molar-refractivity contribution in [1.29, 1.82) is 0 Å². The smallest absolute Gasteiger partial charge is 0.0686 e. The molecule has 1 aromatic rings. The Kier molecular flexibility index (Phi) is 4.21. The lowest BCUT2D eigenvalue weighted by Crippen LogP contribution is -2.25. The fourth-order valence-electron chi connectivity index (χ4n) is 1.23. The highest BCUT2D eigenvalue weighted by Crippen LogP contribution is 1.98. The van der Waals surface area contributed by atoms with Crippen LogP contribution in [0.1, 0.15) is 25.8 Å². The largest absolute Gasteiger partial charge is 0.299 e. The first kappa shape index (κ1) is 10.8. The number of aromatic nitrogens is 2. The van der Waals surface area contributed by atoms with Gasteiger partial charge in [0.1, 0.15) is 0 Å². The summed E-state index contributed by atoms with van der Waals surface area (Å²) < 4.78 is 1.91. The minimum atomic E-state index is 0.167. The van der Waals surface area contributed by atoms with Gasteiger partial charge in [0.25, 0.3) is 0 Å². The lowest BCUT2D eigenvalue weighted by Gasteiger charge is -2.08. The van der Waals surface area contributed by atoms with E-state index in [0.29, 0.717) is 0 Å². The van der Waals surface area contributed by atoms with Gasteiger partial charge in [0, 0.05) is 24.8 Å². The van der Waals surface area contributed by atoms with Gasteiger partial charge in [-0.2, -0.15) is 5.10 Å². The molecule has 76 valence electrons. The van der Waals surface area contributed by atoms with Crippen LogP contribution < -0.4 is 5.32 Å². The van der Waals surface area contributed by atoms with Crippen LogP contribution in [0, 0.1) is 12.3 Å². The molecule has 0 saturated heterocycles. The van der Waals surface area contributed by atoms with E-state index in [4.69, 9.17) is 6.42 Å². The third kappa shape index (κ3) is 2.90. The molecule has 0 amide bonds. The van der Waals surface area contributed by atoms with Crippen molar-refractivity contribution in [2.75, 3.05) is 0 Å². The van der Waals surface area contributed by atoms with Crippen LogP contribution in [-0.4, -0.2) is 15.8 Å². The number of nitrogens with one attached hydrogen (secondary N) is 1. The lowest BCUT2D eigenvalue weighted by atomic mass is 10.2. The van der Waals surface area contributed by atoms with Crippen molar-refractivity contribution in [2.24, 2.45) is 0 Å². The summed E-state index contributed by atoms with van der Waals surface area (Å²) in [6.07, 6.45) is 10.2. The number of nitrogens with zero attached hydrogens (tertiary/aromatic N) is 2. The molecule has 0 aliphatic heterocycles. The molecule has 0 aliphatic carbocycles. The number of rotatable bonds is 5. The van der Waals surface area contributed by atoms with E-state index in [1.165, 1.54) is 5.56 Å². The van der Waals surface area contributed by atoms with E-state index in [2.05, 4.69) is 30.2 Å². The van der Waals surface area contributed by atoms with Crippen molar-refractivity contribution in [3.05, 3.63) is 18.0 Å². The van der Waals surface area contributed by atoms with Crippen LogP contribution >= 0.6 is 0 Å². The van der Waals surface area contributed by atoms with Crippen LogP contribution in [0.4, 0.5) is 0 Å². The molecule has 1 N–H and O–H groups in total. The van der Waals surface area contributed by atoms with E-state index < -0.39 is 0 Å². The Bertz CT molecular complexity index is 309. The zero-order valence-electron chi connectivity index (χ0n) is 8.83. The number of terminal acetylenes is 1. The zero-order valence-corrected chi connectivity index (χ0v) is 8.83. The van der Waals surface area contributed by atoms with Crippen molar-refractivity contribution < 1.29 is 0 Å². The molecule has 0 aliphatic rings. The van der Waals surface area contributed by atoms with Gasteiger partial charge in [-0.3, -0.25) is 10.00 Å². The summed E-state index contributed by atoms with van der Waals surface area (Å²) in [6.45, 7) is 5.85. The van der Waals surface area contributed by atoms with Crippen molar-refractivity contribution >= 4 is 0 Å². The van der Waals surface area contributed by atoms with Gasteiger partial charge in [-0.25, -0.2) is 0 Å². The van der Waals surface area contributed by atoms with Crippen molar-refractivity contribution in [2.45, 2.75) is 39.4 Å². The highest BCUT2D eigenvalue weighted by Gasteiger charge is 2.01. The first-order valence-electron chi connectivity index (χ1n) is 5.01. The van der Waals surface area contributed by atoms with Crippen molar-refractivity contribution in [3.63, 3.8) is 0 Å². The van der Waals surface area contributed by atoms with Gasteiger partial charge in [-0.1, -0.05) is 12.8 Å². The van der Waals surface area contributed by atoms with E-state index in [1.54, 1.807) is 0 Å². The first-order chi connectivity index (χ1) is 6.80. The molecule has 0 saturated carbocycles. The van der Waals surface area contributed by atoms with Crippen LogP contribution in [0.3, 0.4) is 0 Å². The van der Waals surface area contributed by atoms with Crippen LogP contribution in [0.2, 0.25) is 0 Å². The normalized spacial score (nSPS) is 12.4. The summed E-state index contributed by atoms with van der Waals surface area (Å²) in [5, 5.41) is 7.47. The molecule has 3 heteroatoms. The minimum absolute atomic E-state index is 0.167. The quantitative estimate of drug-likeness (QED) is 0.713. The third-order valence-corrected chi connectivity index (χ3v) is 2.17. The van der Waals surface area contributed by atoms with Gasteiger partial charge in [0.05, 0.1) is 12.2 Å². The molecule has 1 rings (SSSR count). The van der Waals surface area contributed by atoms with Gasteiger partial charge in [-0.05, 0) is 13.3 Å². The molecule has 1 unspecified atom stereocenters. The average molecular weight is 191 g/mol. The minimum Gasteiger partial charge on any atom is -0.299 e. The van der Waals surface area contributed by atoms with Crippen LogP contribution in [0.25, 0.3) is 0 Å². The predicted octanol–water partition coefficient (Wildman–Crippen LogP) is 1.40. The molecule has 0 radical (unpaired) electrons. The Balaban J connectivity index is 2.41. The molecule has 0 aromatic carbocycles. The molecule has 14 heavy (non-hydrogen) atoms. The predicted molar refractivity (Wildman–Crippen MR) is 57.7 cm³/mol. The molecule has 1 aromatic heterocycles. The summed E-state index contributed by atoms with van der Waals surface area (Å²) in [6, 6.07) is 0.167. The van der Waals surface area contributed by atoms with E-state index in [-0.39, 0.29) is 6.04 Å². The van der Waals surface area contributed by atoms with E-state index in [9.17, 15) is 0 Å². The van der Waals surface area contributed by atoms with Crippen molar-refractivity contribution in [3.8, 4) is 12.3 Å². The second-order valence-electron chi connectivity index (χ2n) is 3.21. The maximum atomic E-state index is 5.35. The maximum Gasteiger partial charge on any atom is 0.0686 e. The average Bonchev–Trinajstić information content (AvgIpc) is 2.67. The summed E-state index contributed by atoms with van der Waals surface area (Å²) in [5.41, 5.74) is 1.18. The molecule has 0 fully saturated rings. The Hall–Kier alpha value is -1.27.